The second kappa shape index (κ2) is 3.86. The van der Waals surface area contributed by atoms with Crippen molar-refractivity contribution in [2.45, 2.75) is 13.0 Å². The lowest BCUT2D eigenvalue weighted by molar-refractivity contribution is 0.0963. The second-order valence-corrected chi connectivity index (χ2v) is 3.53. The third-order valence-corrected chi connectivity index (χ3v) is 2.55. The largest absolute Gasteiger partial charge is 0.383 e. The third-order valence-electron chi connectivity index (χ3n) is 2.55. The minimum Gasteiger partial charge on any atom is -0.383 e. The Morgan fingerprint density at radius 2 is 2.47 bits per heavy atom. The van der Waals surface area contributed by atoms with Crippen molar-refractivity contribution in [3.63, 3.8) is 0 Å². The fourth-order valence-corrected chi connectivity index (χ4v) is 1.72. The maximum atomic E-state index is 11.5. The van der Waals surface area contributed by atoms with Crippen molar-refractivity contribution < 1.29 is 4.79 Å². The molecule has 0 spiro atoms. The summed E-state index contributed by atoms with van der Waals surface area (Å²) >= 11 is 0. The van der Waals surface area contributed by atoms with Crippen LogP contribution < -0.4 is 16.4 Å². The van der Waals surface area contributed by atoms with Crippen LogP contribution in [-0.4, -0.2) is 24.5 Å². The van der Waals surface area contributed by atoms with E-state index in [0.29, 0.717) is 11.4 Å². The molecule has 4 N–H and O–H groups in total. The van der Waals surface area contributed by atoms with Crippen LogP contribution in [0.5, 0.6) is 0 Å². The third kappa shape index (κ3) is 1.78. The van der Waals surface area contributed by atoms with Crippen LogP contribution in [0, 0.1) is 0 Å². The fourth-order valence-electron chi connectivity index (χ4n) is 1.72. The molecule has 0 aliphatic carbocycles. The molecule has 5 heteroatoms. The van der Waals surface area contributed by atoms with Crippen molar-refractivity contribution in [1.29, 1.82) is 0 Å². The predicted molar refractivity (Wildman–Crippen MR) is 57.5 cm³/mol. The van der Waals surface area contributed by atoms with Crippen LogP contribution in [0.4, 0.5) is 5.82 Å². The number of pyridine rings is 1. The summed E-state index contributed by atoms with van der Waals surface area (Å²) in [7, 11) is 1.58. The van der Waals surface area contributed by atoms with Crippen LogP contribution in [0.2, 0.25) is 0 Å². The Bertz CT molecular complexity index is 403. The number of hydrogen-bond acceptors (Lipinski definition) is 4. The van der Waals surface area contributed by atoms with E-state index in [-0.39, 0.29) is 5.91 Å². The van der Waals surface area contributed by atoms with Gasteiger partial charge in [-0.15, -0.1) is 0 Å². The van der Waals surface area contributed by atoms with Gasteiger partial charge in [0.25, 0.3) is 5.91 Å². The van der Waals surface area contributed by atoms with Gasteiger partial charge in [-0.05, 0) is 11.6 Å². The summed E-state index contributed by atoms with van der Waals surface area (Å²) in [5.74, 6) is 0.128. The quantitative estimate of drug-likeness (QED) is 0.587. The van der Waals surface area contributed by atoms with E-state index < -0.39 is 0 Å². The van der Waals surface area contributed by atoms with Crippen LogP contribution in [-0.2, 0) is 13.0 Å². The highest BCUT2D eigenvalue weighted by atomic mass is 16.1. The Labute approximate surface area is 88.1 Å². The monoisotopic (exact) mass is 206 g/mol. The van der Waals surface area contributed by atoms with Gasteiger partial charge in [-0.25, -0.2) is 4.98 Å². The first kappa shape index (κ1) is 9.92. The number of carbonyl (C=O) groups is 1. The molecule has 0 atom stereocenters. The van der Waals surface area contributed by atoms with E-state index >= 15 is 0 Å². The zero-order chi connectivity index (χ0) is 10.8. The van der Waals surface area contributed by atoms with Gasteiger partial charge in [0.1, 0.15) is 5.82 Å². The molecule has 0 bridgehead atoms. The zero-order valence-electron chi connectivity index (χ0n) is 8.63. The number of fused-ring (bicyclic) bond motifs is 1. The summed E-state index contributed by atoms with van der Waals surface area (Å²) in [4.78, 5) is 15.7. The maximum Gasteiger partial charge on any atom is 0.254 e. The van der Waals surface area contributed by atoms with Crippen molar-refractivity contribution in [1.82, 2.24) is 15.6 Å². The molecular weight excluding hydrogens is 192 g/mol. The molecule has 0 fully saturated rings. The minimum atomic E-state index is -0.187. The molecule has 2 rings (SSSR count). The Morgan fingerprint density at radius 1 is 1.67 bits per heavy atom. The predicted octanol–water partition coefficient (Wildman–Crippen LogP) is -0.331. The summed E-state index contributed by atoms with van der Waals surface area (Å²) in [6.45, 7) is 1.67. The Kier molecular flexibility index (Phi) is 2.55. The van der Waals surface area contributed by atoms with Crippen molar-refractivity contribution in [2.24, 2.45) is 0 Å². The zero-order valence-corrected chi connectivity index (χ0v) is 8.63. The number of anilines is 1. The van der Waals surface area contributed by atoms with E-state index in [1.54, 1.807) is 7.05 Å². The molecule has 1 amide bonds. The molecule has 1 aliphatic heterocycles. The number of rotatable bonds is 1. The van der Waals surface area contributed by atoms with Crippen molar-refractivity contribution in [3.05, 3.63) is 22.9 Å². The van der Waals surface area contributed by atoms with E-state index in [4.69, 9.17) is 5.73 Å². The number of nitrogens with one attached hydrogen (secondary N) is 2. The molecule has 80 valence electrons. The highest BCUT2D eigenvalue weighted by Gasteiger charge is 2.16. The number of aromatic nitrogens is 1. The Hall–Kier alpha value is -1.62. The summed E-state index contributed by atoms with van der Waals surface area (Å²) in [5.41, 5.74) is 8.25. The van der Waals surface area contributed by atoms with Crippen LogP contribution in [0.25, 0.3) is 0 Å². The molecule has 0 saturated heterocycles. The number of carbonyl (C=O) groups excluding carboxylic acids is 1. The lowest BCUT2D eigenvalue weighted by Crippen LogP contribution is -2.27. The first-order valence-corrected chi connectivity index (χ1v) is 4.93. The Morgan fingerprint density at radius 3 is 3.20 bits per heavy atom. The molecule has 15 heavy (non-hydrogen) atoms. The molecule has 5 nitrogen and oxygen atoms in total. The molecule has 0 aromatic carbocycles. The highest BCUT2D eigenvalue weighted by molar-refractivity contribution is 5.98. The molecule has 0 saturated carbocycles. The first-order chi connectivity index (χ1) is 7.22. The second-order valence-electron chi connectivity index (χ2n) is 3.53. The van der Waals surface area contributed by atoms with Crippen LogP contribution in [0.15, 0.2) is 6.07 Å². The van der Waals surface area contributed by atoms with Crippen molar-refractivity contribution >= 4 is 11.7 Å². The number of nitrogen functional groups attached to an aromatic ring is 1. The average molecular weight is 206 g/mol. The number of amides is 1. The van der Waals surface area contributed by atoms with E-state index in [1.807, 2.05) is 6.07 Å². The fraction of sp³-hybridized carbons (Fsp3) is 0.400. The van der Waals surface area contributed by atoms with Crippen LogP contribution >= 0.6 is 0 Å². The van der Waals surface area contributed by atoms with Gasteiger partial charge >= 0.3 is 0 Å². The SMILES string of the molecule is CNC(=O)c1cc2c(nc1N)CCNC2. The van der Waals surface area contributed by atoms with E-state index in [0.717, 1.165) is 30.8 Å². The summed E-state index contributed by atoms with van der Waals surface area (Å²) < 4.78 is 0. The normalized spacial score (nSPS) is 14.5. The highest BCUT2D eigenvalue weighted by Crippen LogP contribution is 2.17. The van der Waals surface area contributed by atoms with Gasteiger partial charge in [0.2, 0.25) is 0 Å². The summed E-state index contributed by atoms with van der Waals surface area (Å²) in [6, 6.07) is 1.82. The first-order valence-electron chi connectivity index (χ1n) is 4.93. The van der Waals surface area contributed by atoms with Gasteiger partial charge < -0.3 is 16.4 Å². The summed E-state index contributed by atoms with van der Waals surface area (Å²) in [5, 5.41) is 5.78. The molecule has 1 aliphatic rings. The molecule has 1 aromatic rings. The maximum absolute atomic E-state index is 11.5. The standard InChI is InChI=1S/C10H14N4O/c1-12-10(15)7-4-6-5-13-3-2-8(6)14-9(7)11/h4,13H,2-3,5H2,1H3,(H2,11,14)(H,12,15). The van der Waals surface area contributed by atoms with Gasteiger partial charge in [0, 0.05) is 32.3 Å². The van der Waals surface area contributed by atoms with Gasteiger partial charge in [-0.1, -0.05) is 0 Å². The van der Waals surface area contributed by atoms with Crippen molar-refractivity contribution in [2.75, 3.05) is 19.3 Å². The number of nitrogens with two attached hydrogens (primary N) is 1. The lowest BCUT2D eigenvalue weighted by Gasteiger charge is -2.17. The molecule has 1 aromatic heterocycles. The topological polar surface area (TPSA) is 80.0 Å². The molecule has 0 unspecified atom stereocenters. The van der Waals surface area contributed by atoms with E-state index in [2.05, 4.69) is 15.6 Å². The van der Waals surface area contributed by atoms with Crippen LogP contribution in [0.3, 0.4) is 0 Å². The van der Waals surface area contributed by atoms with Crippen molar-refractivity contribution in [3.8, 4) is 0 Å². The Balaban J connectivity index is 2.44. The number of hydrogen-bond donors (Lipinski definition) is 3. The van der Waals surface area contributed by atoms with Gasteiger partial charge in [0.05, 0.1) is 5.56 Å². The molecule has 0 radical (unpaired) electrons. The van der Waals surface area contributed by atoms with Gasteiger partial charge in [-0.3, -0.25) is 4.79 Å². The molecular formula is C10H14N4O. The van der Waals surface area contributed by atoms with E-state index in [1.165, 1.54) is 0 Å². The van der Waals surface area contributed by atoms with Gasteiger partial charge in [0.15, 0.2) is 0 Å². The van der Waals surface area contributed by atoms with Gasteiger partial charge in [-0.2, -0.15) is 0 Å². The number of nitrogens with zero attached hydrogens (tertiary/aromatic N) is 1. The van der Waals surface area contributed by atoms with Crippen LogP contribution in [0.1, 0.15) is 21.6 Å². The van der Waals surface area contributed by atoms with E-state index in [9.17, 15) is 4.79 Å². The molecule has 2 heterocycles. The summed E-state index contributed by atoms with van der Waals surface area (Å²) in [6.07, 6.45) is 0.869. The minimum absolute atomic E-state index is 0.187. The smallest absolute Gasteiger partial charge is 0.254 e. The lowest BCUT2D eigenvalue weighted by atomic mass is 10.0. The average Bonchev–Trinajstić information content (AvgIpc) is 2.27.